The molecule has 0 saturated heterocycles. The third kappa shape index (κ3) is 5.25. The molecular weight excluding hydrogens is 453 g/mol. The first kappa shape index (κ1) is 23.6. The number of benzene rings is 2. The highest BCUT2D eigenvalue weighted by molar-refractivity contribution is 5.98. The van der Waals surface area contributed by atoms with E-state index in [0.717, 1.165) is 19.1 Å². The number of hydrogen-bond acceptors (Lipinski definition) is 8. The lowest BCUT2D eigenvalue weighted by atomic mass is 10.1. The maximum atomic E-state index is 13.3. The number of rotatable bonds is 6. The van der Waals surface area contributed by atoms with Gasteiger partial charge in [0.1, 0.15) is 13.2 Å². The van der Waals surface area contributed by atoms with Crippen LogP contribution in [0.5, 0.6) is 17.2 Å². The number of nitrogens with one attached hydrogen (secondary N) is 1. The zero-order valence-electron chi connectivity index (χ0n) is 17.2. The van der Waals surface area contributed by atoms with Gasteiger partial charge in [0.25, 0.3) is 11.6 Å². The number of alkyl halides is 3. The summed E-state index contributed by atoms with van der Waals surface area (Å²) in [5.74, 6) is -1.33. The second-order valence-corrected chi connectivity index (χ2v) is 6.72. The normalized spacial score (nSPS) is 13.6. The van der Waals surface area contributed by atoms with Crippen molar-refractivity contribution in [2.45, 2.75) is 19.2 Å². The zero-order chi connectivity index (χ0) is 24.3. The Bertz CT molecular complexity index is 1090. The highest BCUT2D eigenvalue weighted by Crippen LogP contribution is 2.41. The number of nitro groups is 1. The fraction of sp³-hybridized carbons (Fsp3) is 0.300. The average Bonchev–Trinajstić information content (AvgIpc) is 2.77. The summed E-state index contributed by atoms with van der Waals surface area (Å²) < 4.78 is 60.9. The minimum atomic E-state index is -4.98. The van der Waals surface area contributed by atoms with Crippen LogP contribution in [0.3, 0.4) is 0 Å². The number of ether oxygens (including phenoxy) is 4. The van der Waals surface area contributed by atoms with E-state index in [1.54, 1.807) is 0 Å². The van der Waals surface area contributed by atoms with Crippen LogP contribution >= 0.6 is 0 Å². The summed E-state index contributed by atoms with van der Waals surface area (Å²) in [4.78, 5) is 34.7. The topological polar surface area (TPSA) is 126 Å². The molecular formula is C20H17F3N2O8. The van der Waals surface area contributed by atoms with Crippen molar-refractivity contribution < 1.29 is 46.6 Å². The Labute approximate surface area is 184 Å². The molecule has 1 unspecified atom stereocenters. The van der Waals surface area contributed by atoms with E-state index in [0.29, 0.717) is 11.8 Å². The quantitative estimate of drug-likeness (QED) is 0.386. The Morgan fingerprint density at radius 1 is 1.18 bits per heavy atom. The number of nitrogens with zero attached hydrogens (tertiary/aromatic N) is 1. The molecule has 1 N–H and O–H groups in total. The number of hydrogen-bond donors (Lipinski definition) is 1. The number of halogens is 3. The Hall–Kier alpha value is -4.03. The number of amides is 1. The van der Waals surface area contributed by atoms with Gasteiger partial charge in [-0.05, 0) is 25.1 Å². The summed E-state index contributed by atoms with van der Waals surface area (Å²) in [5, 5.41) is 12.8. The minimum absolute atomic E-state index is 0.0398. The summed E-state index contributed by atoms with van der Waals surface area (Å²) in [5.41, 5.74) is -2.98. The average molecular weight is 470 g/mol. The summed E-state index contributed by atoms with van der Waals surface area (Å²) in [7, 11) is 1.35. The van der Waals surface area contributed by atoms with Crippen molar-refractivity contribution in [2.75, 3.05) is 25.6 Å². The predicted octanol–water partition coefficient (Wildman–Crippen LogP) is 3.58. The highest BCUT2D eigenvalue weighted by Gasteiger charge is 2.36. The summed E-state index contributed by atoms with van der Waals surface area (Å²) in [6.45, 7) is 1.68. The van der Waals surface area contributed by atoms with Crippen molar-refractivity contribution in [3.05, 3.63) is 51.6 Å². The standard InChI is InChI=1S/C20H17F3N2O8/c1-10(18(26)24-14-4-3-12(25(28)29)9-13(14)20(21,22)23)33-19(27)11-7-15(30-2)17-16(8-11)31-5-6-32-17/h3-4,7-10H,5-6H2,1-2H3,(H,24,26). The molecule has 0 aliphatic carbocycles. The Morgan fingerprint density at radius 3 is 2.52 bits per heavy atom. The van der Waals surface area contributed by atoms with Crippen LogP contribution in [0, 0.1) is 10.1 Å². The van der Waals surface area contributed by atoms with E-state index in [1.807, 2.05) is 5.32 Å². The van der Waals surface area contributed by atoms with Crippen molar-refractivity contribution in [1.29, 1.82) is 0 Å². The molecule has 176 valence electrons. The molecule has 2 aromatic carbocycles. The van der Waals surface area contributed by atoms with Crippen LogP contribution in [0.1, 0.15) is 22.8 Å². The maximum Gasteiger partial charge on any atom is 0.418 e. The molecule has 2 aromatic rings. The molecule has 1 heterocycles. The third-order valence-electron chi connectivity index (χ3n) is 4.49. The monoisotopic (exact) mass is 470 g/mol. The summed E-state index contributed by atoms with van der Waals surface area (Å²) in [6, 6.07) is 4.48. The van der Waals surface area contributed by atoms with Crippen molar-refractivity contribution in [3.63, 3.8) is 0 Å². The Kier molecular flexibility index (Phi) is 6.60. The van der Waals surface area contributed by atoms with Crippen LogP contribution < -0.4 is 19.5 Å². The molecule has 13 heteroatoms. The number of nitro benzene ring substituents is 1. The first-order chi connectivity index (χ1) is 15.5. The molecule has 33 heavy (non-hydrogen) atoms. The molecule has 1 atom stereocenters. The van der Waals surface area contributed by atoms with E-state index in [9.17, 15) is 32.9 Å². The fourth-order valence-electron chi connectivity index (χ4n) is 2.90. The van der Waals surface area contributed by atoms with E-state index in [1.165, 1.54) is 19.2 Å². The van der Waals surface area contributed by atoms with E-state index in [-0.39, 0.29) is 30.3 Å². The molecule has 10 nitrogen and oxygen atoms in total. The number of anilines is 1. The summed E-state index contributed by atoms with van der Waals surface area (Å²) in [6.07, 6.45) is -6.48. The zero-order valence-corrected chi connectivity index (χ0v) is 17.2. The van der Waals surface area contributed by atoms with Crippen LogP contribution in [-0.4, -0.2) is 43.2 Å². The Morgan fingerprint density at radius 2 is 1.88 bits per heavy atom. The van der Waals surface area contributed by atoms with Gasteiger partial charge >= 0.3 is 12.1 Å². The second-order valence-electron chi connectivity index (χ2n) is 6.72. The second kappa shape index (κ2) is 9.22. The predicted molar refractivity (Wildman–Crippen MR) is 106 cm³/mol. The number of carbonyl (C=O) groups is 2. The van der Waals surface area contributed by atoms with E-state index in [2.05, 4.69) is 0 Å². The maximum absolute atomic E-state index is 13.3. The van der Waals surface area contributed by atoms with Crippen molar-refractivity contribution in [1.82, 2.24) is 0 Å². The lowest BCUT2D eigenvalue weighted by molar-refractivity contribution is -0.385. The van der Waals surface area contributed by atoms with Gasteiger partial charge in [-0.1, -0.05) is 0 Å². The largest absolute Gasteiger partial charge is 0.493 e. The van der Waals surface area contributed by atoms with Crippen LogP contribution in [0.4, 0.5) is 24.5 Å². The van der Waals surface area contributed by atoms with Gasteiger partial charge in [0, 0.05) is 12.1 Å². The van der Waals surface area contributed by atoms with Crippen molar-refractivity contribution in [2.24, 2.45) is 0 Å². The number of fused-ring (bicyclic) bond motifs is 1. The summed E-state index contributed by atoms with van der Waals surface area (Å²) >= 11 is 0. The van der Waals surface area contributed by atoms with Crippen molar-refractivity contribution in [3.8, 4) is 17.2 Å². The molecule has 0 aromatic heterocycles. The van der Waals surface area contributed by atoms with E-state index in [4.69, 9.17) is 18.9 Å². The van der Waals surface area contributed by atoms with Gasteiger partial charge in [-0.25, -0.2) is 4.79 Å². The first-order valence-corrected chi connectivity index (χ1v) is 9.36. The minimum Gasteiger partial charge on any atom is -0.493 e. The number of methoxy groups -OCH3 is 1. The number of non-ortho nitro benzene ring substituents is 1. The molecule has 0 fully saturated rings. The third-order valence-corrected chi connectivity index (χ3v) is 4.49. The molecule has 1 aliphatic rings. The van der Waals surface area contributed by atoms with Crippen LogP contribution in [0.25, 0.3) is 0 Å². The van der Waals surface area contributed by atoms with E-state index >= 15 is 0 Å². The van der Waals surface area contributed by atoms with Gasteiger partial charge in [0.05, 0.1) is 28.8 Å². The molecule has 0 saturated carbocycles. The van der Waals surface area contributed by atoms with Gasteiger partial charge in [0.15, 0.2) is 17.6 Å². The molecule has 1 aliphatic heterocycles. The van der Waals surface area contributed by atoms with Crippen molar-refractivity contribution >= 4 is 23.3 Å². The van der Waals surface area contributed by atoms with Gasteiger partial charge in [-0.2, -0.15) is 13.2 Å². The fourth-order valence-corrected chi connectivity index (χ4v) is 2.90. The lowest BCUT2D eigenvalue weighted by Crippen LogP contribution is -2.31. The smallest absolute Gasteiger partial charge is 0.418 e. The Balaban J connectivity index is 1.76. The van der Waals surface area contributed by atoms with Crippen LogP contribution in [0.15, 0.2) is 30.3 Å². The van der Waals surface area contributed by atoms with Gasteiger partial charge in [-0.15, -0.1) is 0 Å². The molecule has 3 rings (SSSR count). The molecule has 1 amide bonds. The first-order valence-electron chi connectivity index (χ1n) is 9.36. The van der Waals surface area contributed by atoms with Gasteiger partial charge < -0.3 is 24.3 Å². The SMILES string of the molecule is COc1cc(C(=O)OC(C)C(=O)Nc2ccc([N+](=O)[O-])cc2C(F)(F)F)cc2c1OCCO2. The number of carbonyl (C=O) groups excluding carboxylic acids is 2. The molecule has 0 radical (unpaired) electrons. The lowest BCUT2D eigenvalue weighted by Gasteiger charge is -2.21. The number of esters is 1. The van der Waals surface area contributed by atoms with E-state index < -0.39 is 46.0 Å². The van der Waals surface area contributed by atoms with Crippen LogP contribution in [0.2, 0.25) is 0 Å². The molecule has 0 bridgehead atoms. The highest BCUT2D eigenvalue weighted by atomic mass is 19.4. The van der Waals surface area contributed by atoms with Gasteiger partial charge in [0.2, 0.25) is 5.75 Å². The van der Waals surface area contributed by atoms with Crippen LogP contribution in [-0.2, 0) is 15.7 Å². The van der Waals surface area contributed by atoms with Gasteiger partial charge in [-0.3, -0.25) is 14.9 Å². The molecule has 0 spiro atoms.